The monoisotopic (exact) mass is 539 g/mol. The normalized spacial score (nSPS) is 21.2. The van der Waals surface area contributed by atoms with Crippen molar-refractivity contribution < 1.29 is 14.3 Å². The summed E-state index contributed by atoms with van der Waals surface area (Å²) in [6, 6.07) is 5.83. The van der Waals surface area contributed by atoms with Crippen LogP contribution in [0.5, 0.6) is 0 Å². The fourth-order valence-corrected chi connectivity index (χ4v) is 7.12. The number of piperazine rings is 1. The van der Waals surface area contributed by atoms with Crippen molar-refractivity contribution >= 4 is 56.0 Å². The average Bonchev–Trinajstić information content (AvgIpc) is 3.54. The molecule has 3 aliphatic heterocycles. The van der Waals surface area contributed by atoms with Crippen molar-refractivity contribution in [3.63, 3.8) is 0 Å². The van der Waals surface area contributed by atoms with Crippen molar-refractivity contribution in [3.05, 3.63) is 29.3 Å². The van der Waals surface area contributed by atoms with Gasteiger partial charge in [-0.3, -0.25) is 14.5 Å². The summed E-state index contributed by atoms with van der Waals surface area (Å²) in [4.78, 5) is 46.6. The first-order valence-electron chi connectivity index (χ1n) is 12.6. The van der Waals surface area contributed by atoms with Gasteiger partial charge in [-0.15, -0.1) is 11.3 Å². The molecule has 0 aromatic carbocycles. The van der Waals surface area contributed by atoms with Crippen LogP contribution >= 0.6 is 23.1 Å². The molecule has 3 aliphatic rings. The number of rotatable bonds is 5. The van der Waals surface area contributed by atoms with E-state index in [1.807, 2.05) is 11.0 Å². The van der Waals surface area contributed by atoms with Crippen molar-refractivity contribution in [1.29, 1.82) is 0 Å². The SMILES string of the molecule is Nc1ccc(-c2nc(N3CCOCC3)c3sc(CN4CCN(C(=O)C5CCSC5=O)CC4)cc3n2)cn1. The molecule has 3 saturated heterocycles. The van der Waals surface area contributed by atoms with Crippen molar-refractivity contribution in [3.8, 4) is 11.4 Å². The van der Waals surface area contributed by atoms with Crippen molar-refractivity contribution in [2.45, 2.75) is 13.0 Å². The van der Waals surface area contributed by atoms with E-state index in [4.69, 9.17) is 20.4 Å². The number of amides is 1. The molecule has 3 aromatic rings. The highest BCUT2D eigenvalue weighted by molar-refractivity contribution is 8.14. The van der Waals surface area contributed by atoms with Gasteiger partial charge in [0.25, 0.3) is 0 Å². The van der Waals surface area contributed by atoms with E-state index in [9.17, 15) is 9.59 Å². The van der Waals surface area contributed by atoms with E-state index in [0.29, 0.717) is 44.4 Å². The van der Waals surface area contributed by atoms with Crippen LogP contribution in [-0.2, 0) is 20.9 Å². The molecular formula is C25H29N7O3S2. The number of ether oxygens (including phenoxy) is 1. The topological polar surface area (TPSA) is 118 Å². The molecule has 0 radical (unpaired) electrons. The summed E-state index contributed by atoms with van der Waals surface area (Å²) in [5.41, 5.74) is 7.54. The molecule has 10 nitrogen and oxygen atoms in total. The Hall–Kier alpha value is -2.80. The van der Waals surface area contributed by atoms with Gasteiger partial charge in [-0.25, -0.2) is 15.0 Å². The molecule has 0 aliphatic carbocycles. The van der Waals surface area contributed by atoms with Gasteiger partial charge in [-0.2, -0.15) is 0 Å². The Morgan fingerprint density at radius 2 is 1.92 bits per heavy atom. The number of nitrogens with zero attached hydrogens (tertiary/aromatic N) is 6. The number of nitrogens with two attached hydrogens (primary N) is 1. The second kappa shape index (κ2) is 10.5. The van der Waals surface area contributed by atoms with Gasteiger partial charge in [-0.05, 0) is 24.6 Å². The summed E-state index contributed by atoms with van der Waals surface area (Å²) in [6.45, 7) is 6.62. The molecule has 1 atom stereocenters. The van der Waals surface area contributed by atoms with Gasteiger partial charge in [0.15, 0.2) is 11.6 Å². The van der Waals surface area contributed by atoms with Gasteiger partial charge in [0.05, 0.1) is 23.4 Å². The standard InChI is InChI=1S/C25H29N7O3S2/c26-20-2-1-16(14-27-20)22-28-19-13-17(37-21(19)23(29-22)31-8-10-35-11-9-31)15-30-4-6-32(7-5-30)24(33)18-3-12-36-25(18)34/h1-2,13-14,18H,3-12,15H2,(H2,26,27). The summed E-state index contributed by atoms with van der Waals surface area (Å²) in [5, 5.41) is 0.0315. The summed E-state index contributed by atoms with van der Waals surface area (Å²) >= 11 is 3.02. The number of aromatic nitrogens is 3. The smallest absolute Gasteiger partial charge is 0.234 e. The number of anilines is 2. The zero-order valence-electron chi connectivity index (χ0n) is 20.5. The van der Waals surface area contributed by atoms with E-state index in [1.54, 1.807) is 23.6 Å². The molecule has 1 unspecified atom stereocenters. The molecule has 1 amide bonds. The van der Waals surface area contributed by atoms with E-state index in [2.05, 4.69) is 20.9 Å². The Morgan fingerprint density at radius 3 is 2.62 bits per heavy atom. The zero-order valence-corrected chi connectivity index (χ0v) is 22.1. The van der Waals surface area contributed by atoms with Crippen molar-refractivity contribution in [2.24, 2.45) is 5.92 Å². The lowest BCUT2D eigenvalue weighted by Crippen LogP contribution is -2.50. The fourth-order valence-electron chi connectivity index (χ4n) is 4.99. The summed E-state index contributed by atoms with van der Waals surface area (Å²) in [6.07, 6.45) is 2.39. The lowest BCUT2D eigenvalue weighted by atomic mass is 10.1. The first kappa shape index (κ1) is 24.5. The van der Waals surface area contributed by atoms with E-state index >= 15 is 0 Å². The number of thiophene rings is 1. The third kappa shape index (κ3) is 5.15. The van der Waals surface area contributed by atoms with Crippen molar-refractivity contribution in [2.75, 3.05) is 68.9 Å². The second-order valence-electron chi connectivity index (χ2n) is 9.48. The molecule has 0 spiro atoms. The highest BCUT2D eigenvalue weighted by atomic mass is 32.2. The number of thioether (sulfide) groups is 1. The van der Waals surface area contributed by atoms with Crippen LogP contribution in [0.3, 0.4) is 0 Å². The largest absolute Gasteiger partial charge is 0.384 e. The van der Waals surface area contributed by atoms with Crippen molar-refractivity contribution in [1.82, 2.24) is 24.8 Å². The lowest BCUT2D eigenvalue weighted by molar-refractivity contribution is -0.140. The van der Waals surface area contributed by atoms with E-state index in [-0.39, 0.29) is 11.0 Å². The van der Waals surface area contributed by atoms with Gasteiger partial charge >= 0.3 is 0 Å². The fraction of sp³-hybridized carbons (Fsp3) is 0.480. The Bertz CT molecular complexity index is 1300. The second-order valence-corrected chi connectivity index (χ2v) is 11.7. The quantitative estimate of drug-likeness (QED) is 0.483. The Kier molecular flexibility index (Phi) is 6.98. The maximum atomic E-state index is 12.8. The van der Waals surface area contributed by atoms with Crippen LogP contribution in [0.25, 0.3) is 21.6 Å². The molecule has 12 heteroatoms. The minimum absolute atomic E-state index is 0.00614. The number of carbonyl (C=O) groups is 2. The van der Waals surface area contributed by atoms with Crippen LogP contribution in [-0.4, -0.2) is 94.0 Å². The molecular weight excluding hydrogens is 510 g/mol. The Labute approximate surface area is 223 Å². The van der Waals surface area contributed by atoms with Gasteiger partial charge in [0.1, 0.15) is 11.7 Å². The maximum Gasteiger partial charge on any atom is 0.234 e. The third-order valence-corrected chi connectivity index (χ3v) is 9.17. The van der Waals surface area contributed by atoms with E-state index in [0.717, 1.165) is 60.1 Å². The predicted octanol–water partition coefficient (Wildman–Crippen LogP) is 2.10. The molecule has 3 fully saturated rings. The summed E-state index contributed by atoms with van der Waals surface area (Å²) in [5.74, 6) is 2.36. The number of pyridine rings is 1. The van der Waals surface area contributed by atoms with Crippen LogP contribution in [0.15, 0.2) is 24.4 Å². The van der Waals surface area contributed by atoms with Crippen LogP contribution in [0, 0.1) is 5.92 Å². The molecule has 37 heavy (non-hydrogen) atoms. The van der Waals surface area contributed by atoms with Gasteiger partial charge in [-0.1, -0.05) is 11.8 Å². The molecule has 194 valence electrons. The highest BCUT2D eigenvalue weighted by Gasteiger charge is 2.36. The Morgan fingerprint density at radius 1 is 1.11 bits per heavy atom. The number of carbonyl (C=O) groups excluding carboxylic acids is 2. The van der Waals surface area contributed by atoms with E-state index < -0.39 is 5.92 Å². The minimum atomic E-state index is -0.443. The summed E-state index contributed by atoms with van der Waals surface area (Å²) < 4.78 is 6.65. The molecule has 3 aromatic heterocycles. The van der Waals surface area contributed by atoms with Gasteiger partial charge in [0.2, 0.25) is 11.0 Å². The third-order valence-electron chi connectivity index (χ3n) is 7.06. The van der Waals surface area contributed by atoms with Gasteiger partial charge < -0.3 is 20.3 Å². The summed E-state index contributed by atoms with van der Waals surface area (Å²) in [7, 11) is 0. The first-order valence-corrected chi connectivity index (χ1v) is 14.4. The van der Waals surface area contributed by atoms with Gasteiger partial charge in [0, 0.05) is 68.2 Å². The molecule has 0 saturated carbocycles. The maximum absolute atomic E-state index is 12.8. The number of morpholine rings is 1. The predicted molar refractivity (Wildman–Crippen MR) is 146 cm³/mol. The Balaban J connectivity index is 1.21. The molecule has 6 heterocycles. The number of nitrogen functional groups attached to an aromatic ring is 1. The lowest BCUT2D eigenvalue weighted by Gasteiger charge is -2.35. The number of fused-ring (bicyclic) bond motifs is 1. The van der Waals surface area contributed by atoms with Crippen LogP contribution < -0.4 is 10.6 Å². The number of hydrogen-bond acceptors (Lipinski definition) is 11. The van der Waals surface area contributed by atoms with Crippen LogP contribution in [0.4, 0.5) is 11.6 Å². The minimum Gasteiger partial charge on any atom is -0.384 e. The molecule has 2 N–H and O–H groups in total. The molecule has 0 bridgehead atoms. The molecule has 6 rings (SSSR count). The van der Waals surface area contributed by atoms with E-state index in [1.165, 1.54) is 16.6 Å². The number of hydrogen-bond donors (Lipinski definition) is 1. The zero-order chi connectivity index (χ0) is 25.4. The average molecular weight is 540 g/mol. The van der Waals surface area contributed by atoms with Crippen LogP contribution in [0.2, 0.25) is 0 Å². The first-order chi connectivity index (χ1) is 18.0. The van der Waals surface area contributed by atoms with Crippen LogP contribution in [0.1, 0.15) is 11.3 Å². The highest BCUT2D eigenvalue weighted by Crippen LogP contribution is 2.35.